The molecule has 0 aromatic heterocycles. The van der Waals surface area contributed by atoms with Gasteiger partial charge >= 0.3 is 0 Å². The first-order valence-electron chi connectivity index (χ1n) is 7.02. The Balaban J connectivity index is 1.62. The number of hydrogen-bond acceptors (Lipinski definition) is 4. The summed E-state index contributed by atoms with van der Waals surface area (Å²) in [5, 5.41) is 12.8. The SMILES string of the molecule is ON=C1CCC(OCc2cc(Cl)cc3c2OCC3)CC1. The minimum absolute atomic E-state index is 0.219. The highest BCUT2D eigenvalue weighted by molar-refractivity contribution is 6.30. The molecule has 0 bridgehead atoms. The highest BCUT2D eigenvalue weighted by atomic mass is 35.5. The first-order valence-corrected chi connectivity index (χ1v) is 7.39. The van der Waals surface area contributed by atoms with Crippen molar-refractivity contribution in [1.82, 2.24) is 0 Å². The fourth-order valence-electron chi connectivity index (χ4n) is 2.85. The van der Waals surface area contributed by atoms with Gasteiger partial charge in [-0.1, -0.05) is 16.8 Å². The predicted molar refractivity (Wildman–Crippen MR) is 76.9 cm³/mol. The summed E-state index contributed by atoms with van der Waals surface area (Å²) in [6.45, 7) is 1.25. The average Bonchev–Trinajstić information content (AvgIpc) is 2.93. The van der Waals surface area contributed by atoms with Crippen LogP contribution in [0, 0.1) is 0 Å². The summed E-state index contributed by atoms with van der Waals surface area (Å²) in [4.78, 5) is 0. The quantitative estimate of drug-likeness (QED) is 0.685. The fraction of sp³-hybridized carbons (Fsp3) is 0.533. The van der Waals surface area contributed by atoms with Gasteiger partial charge in [0, 0.05) is 17.0 Å². The molecule has 0 unspecified atom stereocenters. The molecule has 1 aromatic carbocycles. The number of fused-ring (bicyclic) bond motifs is 1. The molecular weight excluding hydrogens is 278 g/mol. The lowest BCUT2D eigenvalue weighted by atomic mass is 9.96. The van der Waals surface area contributed by atoms with Gasteiger partial charge in [0.1, 0.15) is 5.75 Å². The second-order valence-electron chi connectivity index (χ2n) is 5.33. The Bertz CT molecular complexity index is 520. The smallest absolute Gasteiger partial charge is 0.128 e. The van der Waals surface area contributed by atoms with E-state index in [1.54, 1.807) is 0 Å². The molecule has 0 saturated heterocycles. The predicted octanol–water partition coefficient (Wildman–Crippen LogP) is 3.56. The maximum Gasteiger partial charge on any atom is 0.128 e. The lowest BCUT2D eigenvalue weighted by molar-refractivity contribution is 0.0268. The van der Waals surface area contributed by atoms with E-state index in [-0.39, 0.29) is 6.10 Å². The monoisotopic (exact) mass is 295 g/mol. The zero-order valence-corrected chi connectivity index (χ0v) is 12.0. The van der Waals surface area contributed by atoms with Gasteiger partial charge in [-0.3, -0.25) is 0 Å². The van der Waals surface area contributed by atoms with Crippen molar-refractivity contribution >= 4 is 17.3 Å². The molecule has 4 nitrogen and oxygen atoms in total. The number of halogens is 1. The van der Waals surface area contributed by atoms with E-state index in [0.29, 0.717) is 6.61 Å². The third-order valence-electron chi connectivity index (χ3n) is 3.95. The highest BCUT2D eigenvalue weighted by Gasteiger charge is 2.21. The molecule has 1 heterocycles. The molecule has 2 aliphatic rings. The Morgan fingerprint density at radius 2 is 2.10 bits per heavy atom. The topological polar surface area (TPSA) is 51.1 Å². The van der Waals surface area contributed by atoms with Crippen LogP contribution >= 0.6 is 11.6 Å². The summed E-state index contributed by atoms with van der Waals surface area (Å²) >= 11 is 6.13. The molecule has 1 aliphatic heterocycles. The molecule has 3 rings (SSSR count). The van der Waals surface area contributed by atoms with E-state index < -0.39 is 0 Å². The van der Waals surface area contributed by atoms with Crippen molar-refractivity contribution in [2.75, 3.05) is 6.61 Å². The van der Waals surface area contributed by atoms with E-state index in [1.165, 1.54) is 5.56 Å². The standard InChI is InChI=1S/C15H18ClNO3/c16-12-7-10-5-6-19-15(10)11(8-12)9-20-14-3-1-13(17-18)2-4-14/h7-8,14,18H,1-6,9H2. The van der Waals surface area contributed by atoms with Crippen molar-refractivity contribution in [1.29, 1.82) is 0 Å². The van der Waals surface area contributed by atoms with Crippen molar-refractivity contribution in [2.45, 2.75) is 44.8 Å². The highest BCUT2D eigenvalue weighted by Crippen LogP contribution is 2.34. The second kappa shape index (κ2) is 6.02. The number of benzene rings is 1. The third-order valence-corrected chi connectivity index (χ3v) is 4.17. The van der Waals surface area contributed by atoms with E-state index >= 15 is 0 Å². The van der Waals surface area contributed by atoms with E-state index in [0.717, 1.165) is 60.8 Å². The molecule has 0 amide bonds. The van der Waals surface area contributed by atoms with Crippen molar-refractivity contribution < 1.29 is 14.7 Å². The first kappa shape index (κ1) is 13.7. The molecule has 1 saturated carbocycles. The molecule has 5 heteroatoms. The van der Waals surface area contributed by atoms with Gasteiger partial charge in [0.15, 0.2) is 0 Å². The summed E-state index contributed by atoms with van der Waals surface area (Å²) in [6.07, 6.45) is 4.57. The lowest BCUT2D eigenvalue weighted by Gasteiger charge is -2.23. The first-order chi connectivity index (χ1) is 9.76. The van der Waals surface area contributed by atoms with Gasteiger partial charge in [0.25, 0.3) is 0 Å². The van der Waals surface area contributed by atoms with E-state index in [1.807, 2.05) is 12.1 Å². The molecule has 1 N–H and O–H groups in total. The van der Waals surface area contributed by atoms with Crippen LogP contribution < -0.4 is 4.74 Å². The summed E-state index contributed by atoms with van der Waals surface area (Å²) in [7, 11) is 0. The largest absolute Gasteiger partial charge is 0.493 e. The van der Waals surface area contributed by atoms with E-state index in [4.69, 9.17) is 26.3 Å². The number of oxime groups is 1. The molecule has 1 fully saturated rings. The van der Waals surface area contributed by atoms with Gasteiger partial charge < -0.3 is 14.7 Å². The Morgan fingerprint density at radius 1 is 1.30 bits per heavy atom. The fourth-order valence-corrected chi connectivity index (χ4v) is 3.12. The van der Waals surface area contributed by atoms with Crippen LogP contribution in [0.1, 0.15) is 36.8 Å². The van der Waals surface area contributed by atoms with Crippen molar-refractivity contribution in [3.63, 3.8) is 0 Å². The average molecular weight is 296 g/mol. The van der Waals surface area contributed by atoms with Crippen LogP contribution in [0.2, 0.25) is 5.02 Å². The minimum atomic E-state index is 0.219. The number of nitrogens with zero attached hydrogens (tertiary/aromatic N) is 1. The Morgan fingerprint density at radius 3 is 2.85 bits per heavy atom. The summed E-state index contributed by atoms with van der Waals surface area (Å²) < 4.78 is 11.6. The van der Waals surface area contributed by atoms with E-state index in [2.05, 4.69) is 5.16 Å². The number of ether oxygens (including phenoxy) is 2. The Kier molecular flexibility index (Phi) is 4.13. The van der Waals surface area contributed by atoms with Crippen molar-refractivity contribution in [2.24, 2.45) is 5.16 Å². The molecule has 0 radical (unpaired) electrons. The number of rotatable bonds is 3. The Labute approximate surface area is 123 Å². The van der Waals surface area contributed by atoms with Gasteiger partial charge in [-0.15, -0.1) is 0 Å². The van der Waals surface area contributed by atoms with Crippen LogP contribution in [0.15, 0.2) is 17.3 Å². The van der Waals surface area contributed by atoms with Crippen LogP contribution in [-0.4, -0.2) is 23.6 Å². The van der Waals surface area contributed by atoms with Gasteiger partial charge in [-0.25, -0.2) is 0 Å². The molecule has 108 valence electrons. The van der Waals surface area contributed by atoms with E-state index in [9.17, 15) is 0 Å². The third kappa shape index (κ3) is 2.91. The van der Waals surface area contributed by atoms with Gasteiger partial charge in [-0.05, 0) is 43.4 Å². The molecule has 20 heavy (non-hydrogen) atoms. The zero-order chi connectivity index (χ0) is 13.9. The van der Waals surface area contributed by atoms with Crippen LogP contribution in [0.25, 0.3) is 0 Å². The van der Waals surface area contributed by atoms with Crippen LogP contribution in [0.4, 0.5) is 0 Å². The zero-order valence-electron chi connectivity index (χ0n) is 11.3. The minimum Gasteiger partial charge on any atom is -0.493 e. The lowest BCUT2D eigenvalue weighted by Crippen LogP contribution is -2.21. The summed E-state index contributed by atoms with van der Waals surface area (Å²) in [5.74, 6) is 0.947. The summed E-state index contributed by atoms with van der Waals surface area (Å²) in [6, 6.07) is 3.90. The molecule has 0 atom stereocenters. The maximum absolute atomic E-state index is 8.74. The van der Waals surface area contributed by atoms with Crippen molar-refractivity contribution in [3.8, 4) is 5.75 Å². The molecule has 0 spiro atoms. The van der Waals surface area contributed by atoms with Gasteiger partial charge in [-0.2, -0.15) is 0 Å². The van der Waals surface area contributed by atoms with Crippen LogP contribution in [-0.2, 0) is 17.8 Å². The van der Waals surface area contributed by atoms with Gasteiger partial charge in [0.05, 0.1) is 25.0 Å². The number of hydrogen-bond donors (Lipinski definition) is 1. The maximum atomic E-state index is 8.74. The molecule has 1 aromatic rings. The van der Waals surface area contributed by atoms with Gasteiger partial charge in [0.2, 0.25) is 0 Å². The van der Waals surface area contributed by atoms with Crippen molar-refractivity contribution in [3.05, 3.63) is 28.3 Å². The normalized spacial score (nSPS) is 21.4. The molecular formula is C15H18ClNO3. The van der Waals surface area contributed by atoms with Crippen LogP contribution in [0.3, 0.4) is 0 Å². The Hall–Kier alpha value is -1.26. The molecule has 1 aliphatic carbocycles. The van der Waals surface area contributed by atoms with Crippen LogP contribution in [0.5, 0.6) is 5.75 Å². The second-order valence-corrected chi connectivity index (χ2v) is 5.76. The summed E-state index contributed by atoms with van der Waals surface area (Å²) in [5.41, 5.74) is 3.08.